The van der Waals surface area contributed by atoms with Crippen LogP contribution in [0.2, 0.25) is 0 Å². The Kier molecular flexibility index (Phi) is 6.14. The van der Waals surface area contributed by atoms with E-state index in [1.807, 2.05) is 12.1 Å². The van der Waals surface area contributed by atoms with Crippen molar-refractivity contribution < 1.29 is 14.3 Å². The Morgan fingerprint density at radius 3 is 3.07 bits per heavy atom. The van der Waals surface area contributed by atoms with E-state index in [-0.39, 0.29) is 18.2 Å². The van der Waals surface area contributed by atoms with Crippen LogP contribution in [0.5, 0.6) is 0 Å². The monoisotopic (exact) mass is 383 g/mol. The summed E-state index contributed by atoms with van der Waals surface area (Å²) in [4.78, 5) is 33.8. The van der Waals surface area contributed by atoms with Gasteiger partial charge in [-0.15, -0.1) is 0 Å². The molecule has 2 N–H and O–H groups in total. The van der Waals surface area contributed by atoms with Crippen molar-refractivity contribution >= 4 is 28.7 Å². The zero-order chi connectivity index (χ0) is 20.1. The number of carbonyl (C=O) groups excluding carboxylic acids is 2. The fraction of sp³-hybridized carbons (Fsp3) is 0.500. The normalized spacial score (nSPS) is 19.2. The number of amides is 1. The van der Waals surface area contributed by atoms with Crippen LogP contribution in [-0.4, -0.2) is 53.0 Å². The molecule has 8 nitrogen and oxygen atoms in total. The minimum atomic E-state index is -0.414. The third kappa shape index (κ3) is 4.25. The molecular weight excluding hydrogens is 358 g/mol. The van der Waals surface area contributed by atoms with Crippen molar-refractivity contribution in [3.63, 3.8) is 0 Å². The number of nitrogens with zero attached hydrogens (tertiary/aromatic N) is 3. The Morgan fingerprint density at radius 1 is 1.50 bits per heavy atom. The van der Waals surface area contributed by atoms with Gasteiger partial charge in [-0.3, -0.25) is 4.79 Å². The van der Waals surface area contributed by atoms with Crippen molar-refractivity contribution in [3.8, 4) is 6.07 Å². The molecule has 1 fully saturated rings. The number of aromatic amines is 1. The lowest BCUT2D eigenvalue weighted by Crippen LogP contribution is -2.45. The number of rotatable bonds is 6. The number of piperidine rings is 1. The number of H-pyrrole nitrogens is 1. The van der Waals surface area contributed by atoms with E-state index in [9.17, 15) is 9.59 Å². The molecule has 148 valence electrons. The van der Waals surface area contributed by atoms with Gasteiger partial charge in [-0.2, -0.15) is 5.26 Å². The van der Waals surface area contributed by atoms with Gasteiger partial charge in [0.15, 0.2) is 0 Å². The summed E-state index contributed by atoms with van der Waals surface area (Å²) >= 11 is 0. The maximum atomic E-state index is 12.4. The summed E-state index contributed by atoms with van der Waals surface area (Å²) in [5.41, 5.74) is 1.09. The van der Waals surface area contributed by atoms with E-state index in [1.165, 1.54) is 0 Å². The first-order valence-corrected chi connectivity index (χ1v) is 9.57. The summed E-state index contributed by atoms with van der Waals surface area (Å²) in [7, 11) is 0. The standard InChI is InChI=1S/C20H25N5O3/c1-3-28-20(27)16-10-14-5-8-22-18(14)24-19(16)23-11-15-12-25(9-6-13(15)2)17(26)4-7-21/h5,8,10,13,15H,3-4,6,9,11-12H2,1-2H3,(H2,22,23,24)/t13-,15-/m1/s1. The average molecular weight is 383 g/mol. The molecule has 0 bridgehead atoms. The van der Waals surface area contributed by atoms with Crippen molar-refractivity contribution in [2.75, 3.05) is 31.6 Å². The largest absolute Gasteiger partial charge is 0.462 e. The molecular formula is C20H25N5O3. The fourth-order valence-corrected chi connectivity index (χ4v) is 3.53. The Morgan fingerprint density at radius 2 is 2.32 bits per heavy atom. The highest BCUT2D eigenvalue weighted by Gasteiger charge is 2.29. The second-order valence-electron chi connectivity index (χ2n) is 7.10. The number of esters is 1. The second kappa shape index (κ2) is 8.74. The molecule has 0 unspecified atom stereocenters. The van der Waals surface area contributed by atoms with E-state index in [4.69, 9.17) is 10.00 Å². The molecule has 0 saturated carbocycles. The lowest BCUT2D eigenvalue weighted by Gasteiger charge is -2.37. The highest BCUT2D eigenvalue weighted by Crippen LogP contribution is 2.26. The van der Waals surface area contributed by atoms with E-state index >= 15 is 0 Å². The summed E-state index contributed by atoms with van der Waals surface area (Å²) in [6, 6.07) is 5.55. The van der Waals surface area contributed by atoms with Gasteiger partial charge in [-0.1, -0.05) is 6.92 Å². The second-order valence-corrected chi connectivity index (χ2v) is 7.10. The number of pyridine rings is 1. The number of anilines is 1. The van der Waals surface area contributed by atoms with Gasteiger partial charge >= 0.3 is 5.97 Å². The molecule has 1 amide bonds. The maximum absolute atomic E-state index is 12.4. The molecule has 3 heterocycles. The van der Waals surface area contributed by atoms with Gasteiger partial charge in [0, 0.05) is 31.2 Å². The number of carbonyl (C=O) groups is 2. The predicted molar refractivity (Wildman–Crippen MR) is 105 cm³/mol. The topological polar surface area (TPSA) is 111 Å². The van der Waals surface area contributed by atoms with E-state index in [2.05, 4.69) is 22.2 Å². The van der Waals surface area contributed by atoms with Gasteiger partial charge in [0.05, 0.1) is 12.7 Å². The smallest absolute Gasteiger partial charge is 0.341 e. The number of nitrogens with one attached hydrogen (secondary N) is 2. The van der Waals surface area contributed by atoms with Crippen LogP contribution in [0.3, 0.4) is 0 Å². The van der Waals surface area contributed by atoms with Crippen LogP contribution in [0.1, 0.15) is 37.0 Å². The Hall–Kier alpha value is -3.08. The lowest BCUT2D eigenvalue weighted by molar-refractivity contribution is -0.132. The van der Waals surface area contributed by atoms with Gasteiger partial charge in [-0.05, 0) is 37.3 Å². The van der Waals surface area contributed by atoms with Crippen molar-refractivity contribution in [2.24, 2.45) is 11.8 Å². The number of hydrogen-bond donors (Lipinski definition) is 2. The lowest BCUT2D eigenvalue weighted by atomic mass is 9.86. The molecule has 0 spiro atoms. The number of fused-ring (bicyclic) bond motifs is 1. The highest BCUT2D eigenvalue weighted by molar-refractivity contribution is 5.98. The summed E-state index contributed by atoms with van der Waals surface area (Å²) in [6.07, 6.45) is 2.57. The number of ether oxygens (including phenoxy) is 1. The van der Waals surface area contributed by atoms with Gasteiger partial charge in [0.1, 0.15) is 23.4 Å². The minimum absolute atomic E-state index is 0.0907. The number of aromatic nitrogens is 2. The maximum Gasteiger partial charge on any atom is 0.341 e. The van der Waals surface area contributed by atoms with Crippen molar-refractivity contribution in [2.45, 2.75) is 26.7 Å². The number of likely N-dealkylation sites (tertiary alicyclic amines) is 1. The van der Waals surface area contributed by atoms with Crippen molar-refractivity contribution in [1.29, 1.82) is 5.26 Å². The van der Waals surface area contributed by atoms with Crippen LogP contribution in [0.15, 0.2) is 18.3 Å². The molecule has 8 heteroatoms. The van der Waals surface area contributed by atoms with Crippen LogP contribution in [0.4, 0.5) is 5.82 Å². The summed E-state index contributed by atoms with van der Waals surface area (Å²) < 4.78 is 5.17. The molecule has 2 aromatic heterocycles. The van der Waals surface area contributed by atoms with Crippen LogP contribution in [0, 0.1) is 23.2 Å². The molecule has 0 aromatic carbocycles. The fourth-order valence-electron chi connectivity index (χ4n) is 3.53. The van der Waals surface area contributed by atoms with Crippen LogP contribution in [-0.2, 0) is 9.53 Å². The molecule has 1 aliphatic heterocycles. The van der Waals surface area contributed by atoms with Crippen LogP contribution >= 0.6 is 0 Å². The molecule has 1 saturated heterocycles. The summed E-state index contributed by atoms with van der Waals surface area (Å²) in [5, 5.41) is 12.9. The quantitative estimate of drug-likeness (QED) is 0.742. The molecule has 0 aliphatic carbocycles. The summed E-state index contributed by atoms with van der Waals surface area (Å²) in [6.45, 7) is 6.06. The molecule has 3 rings (SSSR count). The molecule has 28 heavy (non-hydrogen) atoms. The van der Waals surface area contributed by atoms with E-state index in [1.54, 1.807) is 24.1 Å². The predicted octanol–water partition coefficient (Wildman–Crippen LogP) is 2.55. The molecule has 1 aliphatic rings. The summed E-state index contributed by atoms with van der Waals surface area (Å²) in [5.74, 6) is 0.549. The number of hydrogen-bond acceptors (Lipinski definition) is 6. The van der Waals surface area contributed by atoms with Crippen LogP contribution in [0.25, 0.3) is 11.0 Å². The zero-order valence-electron chi connectivity index (χ0n) is 16.2. The highest BCUT2D eigenvalue weighted by atomic mass is 16.5. The molecule has 2 atom stereocenters. The first-order valence-electron chi connectivity index (χ1n) is 9.57. The minimum Gasteiger partial charge on any atom is -0.462 e. The van der Waals surface area contributed by atoms with Crippen LogP contribution < -0.4 is 5.32 Å². The van der Waals surface area contributed by atoms with E-state index < -0.39 is 5.97 Å². The third-order valence-electron chi connectivity index (χ3n) is 5.26. The van der Waals surface area contributed by atoms with Crippen molar-refractivity contribution in [1.82, 2.24) is 14.9 Å². The SMILES string of the molecule is CCOC(=O)c1cc2cc[nH]c2nc1NC[C@@H]1CN(C(=O)CC#N)CC[C@H]1C. The Bertz CT molecular complexity index is 901. The first-order chi connectivity index (χ1) is 13.5. The molecule has 0 radical (unpaired) electrons. The number of nitriles is 1. The van der Waals surface area contributed by atoms with Crippen molar-refractivity contribution in [3.05, 3.63) is 23.9 Å². The average Bonchev–Trinajstić information content (AvgIpc) is 3.14. The Labute approximate surface area is 163 Å². The Balaban J connectivity index is 1.76. The van der Waals surface area contributed by atoms with Gasteiger partial charge in [0.2, 0.25) is 5.91 Å². The first kappa shape index (κ1) is 19.7. The van der Waals surface area contributed by atoms with E-state index in [0.717, 1.165) is 11.8 Å². The van der Waals surface area contributed by atoms with Gasteiger partial charge in [-0.25, -0.2) is 9.78 Å². The zero-order valence-corrected chi connectivity index (χ0v) is 16.2. The van der Waals surface area contributed by atoms with E-state index in [0.29, 0.717) is 49.2 Å². The molecule has 2 aromatic rings. The van der Waals surface area contributed by atoms with Gasteiger partial charge in [0.25, 0.3) is 0 Å². The van der Waals surface area contributed by atoms with Gasteiger partial charge < -0.3 is 19.9 Å². The third-order valence-corrected chi connectivity index (χ3v) is 5.26.